The predicted octanol–water partition coefficient (Wildman–Crippen LogP) is 25.5. The van der Waals surface area contributed by atoms with Crippen LogP contribution in [0.5, 0.6) is 0 Å². The van der Waals surface area contributed by atoms with E-state index < -0.39 is 0 Å². The van der Waals surface area contributed by atoms with Gasteiger partial charge in [-0.05, 0) is 135 Å². The van der Waals surface area contributed by atoms with Crippen molar-refractivity contribution in [3.05, 3.63) is 386 Å². The lowest BCUT2D eigenvalue weighted by Gasteiger charge is -2.23. The van der Waals surface area contributed by atoms with Crippen molar-refractivity contribution in [1.29, 1.82) is 0 Å². The van der Waals surface area contributed by atoms with Crippen LogP contribution in [0.25, 0.3) is 179 Å². The maximum atomic E-state index is 4.98. The minimum absolute atomic E-state index is 0.0720. The Morgan fingerprint density at radius 2 is 0.555 bits per heavy atom. The molecular formula is C102H72N8. The van der Waals surface area contributed by atoms with Gasteiger partial charge >= 0.3 is 0 Å². The standard InChI is InChI=1S/2C51H36N4/c1-51(2)43-19-11-18-42(46(43)47-41-17-10-9-12-35(41)28-30-44(47)51)36-24-20-33(21-25-36)34-22-26-39(27-23-34)49-53-48(38-15-7-4-8-16-38)54-50(55-49)40-29-31-45(52-32-40)37-13-5-3-6-14-37;1-51(2)44-16-10-15-41(46(44)43-31-30-35-11-6-7-14-42(35)47(43)51)36-22-18-33(19-23-36)34-20-26-39(27-21-34)49-53-48(38-12-4-3-5-13-38)54-50(55-49)40-28-24-37(25-29-40)45-17-8-9-32-52-45/h2*3-32H,1-2H3. The molecule has 20 rings (SSSR count). The SMILES string of the molecule is CC1(C)c2cccc(-c3ccc(-c4ccc(-c5nc(-c6ccccc6)nc(-c6ccc(-c7ccccc7)nc6)n5)cc4)cc3)c2-c2c1ccc1ccccc21.CC1(C)c2cccc(-c3ccc(-c4ccc(-c5nc(-c6ccccc6)nc(-c6ccc(-c7ccccn7)cc6)n5)cc4)cc3)c2-c2ccc3ccccc3c21. The van der Waals surface area contributed by atoms with Gasteiger partial charge in [-0.3, -0.25) is 9.97 Å². The summed E-state index contributed by atoms with van der Waals surface area (Å²) in [5.41, 5.74) is 29.8. The van der Waals surface area contributed by atoms with Crippen LogP contribution in [0.2, 0.25) is 0 Å². The maximum Gasteiger partial charge on any atom is 0.165 e. The van der Waals surface area contributed by atoms with Crippen LogP contribution in [-0.4, -0.2) is 39.9 Å². The first kappa shape index (κ1) is 66.6. The molecule has 8 nitrogen and oxygen atoms in total. The number of aromatic nitrogens is 8. The molecule has 0 saturated heterocycles. The highest BCUT2D eigenvalue weighted by atomic mass is 15.0. The van der Waals surface area contributed by atoms with Crippen LogP contribution in [0, 0.1) is 0 Å². The van der Waals surface area contributed by atoms with E-state index in [-0.39, 0.29) is 10.8 Å². The molecule has 4 aromatic heterocycles. The maximum absolute atomic E-state index is 4.98. The average Bonchev–Trinajstić information content (AvgIpc) is 1.56. The van der Waals surface area contributed by atoms with Gasteiger partial charge in [0, 0.05) is 67.7 Å². The lowest BCUT2D eigenvalue weighted by Crippen LogP contribution is -2.15. The van der Waals surface area contributed by atoms with E-state index in [1.807, 2.05) is 122 Å². The zero-order valence-electron chi connectivity index (χ0n) is 61.2. The molecule has 2 aliphatic carbocycles. The Labute approximate surface area is 640 Å². The number of nitrogens with zero attached hydrogens (tertiary/aromatic N) is 8. The molecule has 0 aliphatic heterocycles. The first-order valence-corrected chi connectivity index (χ1v) is 37.4. The number of fused-ring (bicyclic) bond motifs is 10. The highest BCUT2D eigenvalue weighted by molar-refractivity contribution is 6.07. The molecule has 0 spiro atoms. The van der Waals surface area contributed by atoms with Gasteiger partial charge in [0.05, 0.1) is 11.4 Å². The van der Waals surface area contributed by atoms with Gasteiger partial charge in [-0.2, -0.15) is 0 Å². The van der Waals surface area contributed by atoms with Crippen LogP contribution in [-0.2, 0) is 10.8 Å². The lowest BCUT2D eigenvalue weighted by molar-refractivity contribution is 0.661. The van der Waals surface area contributed by atoms with Gasteiger partial charge in [0.1, 0.15) is 0 Å². The third kappa shape index (κ3) is 12.2. The molecule has 0 bridgehead atoms. The number of hydrogen-bond donors (Lipinski definition) is 0. The molecule has 0 amide bonds. The van der Waals surface area contributed by atoms with Crippen LogP contribution in [0.1, 0.15) is 49.9 Å². The van der Waals surface area contributed by atoms with E-state index in [1.54, 1.807) is 0 Å². The van der Waals surface area contributed by atoms with Gasteiger partial charge in [0.2, 0.25) is 0 Å². The fourth-order valence-electron chi connectivity index (χ4n) is 16.3. The second kappa shape index (κ2) is 27.7. The summed E-state index contributed by atoms with van der Waals surface area (Å²) in [6.07, 6.45) is 3.65. The average molecular weight is 1410 g/mol. The molecule has 18 aromatic rings. The van der Waals surface area contributed by atoms with Crippen LogP contribution < -0.4 is 0 Å². The monoisotopic (exact) mass is 1410 g/mol. The molecule has 0 unspecified atom stereocenters. The van der Waals surface area contributed by atoms with Crippen LogP contribution in [0.3, 0.4) is 0 Å². The van der Waals surface area contributed by atoms with Crippen molar-refractivity contribution < 1.29 is 0 Å². The predicted molar refractivity (Wildman–Crippen MR) is 451 cm³/mol. The van der Waals surface area contributed by atoms with Crippen molar-refractivity contribution >= 4 is 21.5 Å². The molecule has 0 N–H and O–H groups in total. The normalized spacial score (nSPS) is 12.7. The van der Waals surface area contributed by atoms with Crippen molar-refractivity contribution in [2.75, 3.05) is 0 Å². The van der Waals surface area contributed by atoms with E-state index in [4.69, 9.17) is 34.9 Å². The molecule has 0 fully saturated rings. The Balaban J connectivity index is 0.000000149. The van der Waals surface area contributed by atoms with Gasteiger partial charge in [-0.25, -0.2) is 29.9 Å². The minimum Gasteiger partial charge on any atom is -0.256 e. The van der Waals surface area contributed by atoms with E-state index in [0.717, 1.165) is 78.1 Å². The zero-order valence-corrected chi connectivity index (χ0v) is 61.2. The number of rotatable bonds is 12. The number of pyridine rings is 2. The first-order valence-electron chi connectivity index (χ1n) is 37.4. The number of benzene rings is 14. The minimum atomic E-state index is -0.0882. The largest absolute Gasteiger partial charge is 0.256 e. The molecule has 8 heteroatoms. The summed E-state index contributed by atoms with van der Waals surface area (Å²) < 4.78 is 0. The molecule has 2 aliphatic rings. The van der Waals surface area contributed by atoms with Crippen molar-refractivity contribution in [3.8, 4) is 158 Å². The molecule has 0 atom stereocenters. The zero-order chi connectivity index (χ0) is 73.9. The van der Waals surface area contributed by atoms with E-state index in [9.17, 15) is 0 Å². The van der Waals surface area contributed by atoms with Crippen molar-refractivity contribution in [2.24, 2.45) is 0 Å². The molecule has 14 aromatic carbocycles. The van der Waals surface area contributed by atoms with Gasteiger partial charge < -0.3 is 0 Å². The third-order valence-corrected chi connectivity index (χ3v) is 22.0. The summed E-state index contributed by atoms with van der Waals surface area (Å²) in [5, 5.41) is 5.22. The van der Waals surface area contributed by atoms with E-state index >= 15 is 0 Å². The van der Waals surface area contributed by atoms with Gasteiger partial charge in [0.25, 0.3) is 0 Å². The van der Waals surface area contributed by atoms with Gasteiger partial charge in [0.15, 0.2) is 34.9 Å². The second-order valence-electron chi connectivity index (χ2n) is 29.4. The molecular weight excluding hydrogens is 1340 g/mol. The Kier molecular flexibility index (Phi) is 16.8. The lowest BCUT2D eigenvalue weighted by atomic mass is 9.80. The fraction of sp³-hybridized carbons (Fsp3) is 0.0588. The van der Waals surface area contributed by atoms with E-state index in [1.165, 1.54) is 88.3 Å². The fourth-order valence-corrected chi connectivity index (χ4v) is 16.3. The van der Waals surface area contributed by atoms with Crippen LogP contribution in [0.4, 0.5) is 0 Å². The second-order valence-corrected chi connectivity index (χ2v) is 29.4. The third-order valence-electron chi connectivity index (χ3n) is 22.0. The quantitative estimate of drug-likeness (QED) is 0.119. The van der Waals surface area contributed by atoms with Gasteiger partial charge in [-0.1, -0.05) is 355 Å². The summed E-state index contributed by atoms with van der Waals surface area (Å²) in [7, 11) is 0. The number of hydrogen-bond acceptors (Lipinski definition) is 8. The molecule has 0 radical (unpaired) electrons. The topological polar surface area (TPSA) is 103 Å². The Morgan fingerprint density at radius 3 is 1.04 bits per heavy atom. The highest BCUT2D eigenvalue weighted by Gasteiger charge is 2.40. The summed E-state index contributed by atoms with van der Waals surface area (Å²) in [6, 6.07) is 124. The summed E-state index contributed by atoms with van der Waals surface area (Å²) in [5.74, 6) is 3.73. The Morgan fingerprint density at radius 1 is 0.200 bits per heavy atom. The van der Waals surface area contributed by atoms with Crippen molar-refractivity contribution in [1.82, 2.24) is 39.9 Å². The summed E-state index contributed by atoms with van der Waals surface area (Å²) in [6.45, 7) is 9.43. The first-order chi connectivity index (χ1) is 54.0. The van der Waals surface area contributed by atoms with Crippen LogP contribution in [0.15, 0.2) is 364 Å². The molecule has 0 saturated carbocycles. The molecule has 520 valence electrons. The smallest absolute Gasteiger partial charge is 0.165 e. The molecule has 4 heterocycles. The highest BCUT2D eigenvalue weighted by Crippen LogP contribution is 2.56. The Bertz CT molecular complexity index is 6490. The van der Waals surface area contributed by atoms with E-state index in [0.29, 0.717) is 34.9 Å². The Hall–Kier alpha value is -14.1. The molecule has 110 heavy (non-hydrogen) atoms. The van der Waals surface area contributed by atoms with Crippen molar-refractivity contribution in [3.63, 3.8) is 0 Å². The summed E-state index contributed by atoms with van der Waals surface area (Å²) in [4.78, 5) is 38.9. The van der Waals surface area contributed by atoms with Gasteiger partial charge in [-0.15, -0.1) is 0 Å². The van der Waals surface area contributed by atoms with E-state index in [2.05, 4.69) is 275 Å². The van der Waals surface area contributed by atoms with Crippen molar-refractivity contribution in [2.45, 2.75) is 38.5 Å². The summed E-state index contributed by atoms with van der Waals surface area (Å²) >= 11 is 0. The van der Waals surface area contributed by atoms with Crippen LogP contribution >= 0.6 is 0 Å².